The number of carbonyl (C=O) groups excluding carboxylic acids is 2. The average Bonchev–Trinajstić information content (AvgIpc) is 2.61. The van der Waals surface area contributed by atoms with Crippen LogP contribution in [0.15, 0.2) is 87.6 Å². The number of hydrogen-bond acceptors (Lipinski definition) is 4. The van der Waals surface area contributed by atoms with Crippen LogP contribution in [0.5, 0.6) is 0 Å². The van der Waals surface area contributed by atoms with Crippen LogP contribution in [0.2, 0.25) is 0 Å². The van der Waals surface area contributed by atoms with Gasteiger partial charge in [-0.1, -0.05) is 43.5 Å². The van der Waals surface area contributed by atoms with E-state index in [2.05, 4.69) is 55.5 Å². The second-order valence-corrected chi connectivity index (χ2v) is 4.87. The largest absolute Gasteiger partial charge is 0.459 e. The van der Waals surface area contributed by atoms with E-state index in [0.717, 1.165) is 0 Å². The molecule has 0 N–H and O–H groups in total. The van der Waals surface area contributed by atoms with Crippen LogP contribution in [-0.4, -0.2) is 25.2 Å². The lowest BCUT2D eigenvalue weighted by Gasteiger charge is -2.05. The first-order valence-corrected chi connectivity index (χ1v) is 9.03. The van der Waals surface area contributed by atoms with Crippen molar-refractivity contribution < 1.29 is 19.1 Å². The lowest BCUT2D eigenvalue weighted by Crippen LogP contribution is -2.14. The first-order chi connectivity index (χ1) is 13.5. The zero-order valence-electron chi connectivity index (χ0n) is 19.9. The highest BCUT2D eigenvalue weighted by molar-refractivity contribution is 5.87. The van der Waals surface area contributed by atoms with Crippen molar-refractivity contribution in [3.63, 3.8) is 0 Å². The monoisotopic (exact) mass is 408 g/mol. The van der Waals surface area contributed by atoms with Crippen molar-refractivity contribution in [2.75, 3.05) is 13.2 Å². The lowest BCUT2D eigenvalue weighted by atomic mass is 10.4. The Kier molecular flexibility index (Phi) is 62.5. The van der Waals surface area contributed by atoms with Gasteiger partial charge in [-0.15, -0.1) is 32.9 Å². The maximum absolute atomic E-state index is 10.8. The summed E-state index contributed by atoms with van der Waals surface area (Å²) >= 11 is 0. The highest BCUT2D eigenvalue weighted by Crippen LogP contribution is 1.94. The molecule has 0 amide bonds. The molecule has 0 spiro atoms. The van der Waals surface area contributed by atoms with Gasteiger partial charge in [0.25, 0.3) is 0 Å². The standard InChI is InChI=1S/C10H14O4.5C3H6/c1-7(2)9(11)13-5-6-14-10(12)8(3)4;5*1-3-2/h1,3,5-6H2,2,4H3;5*3H,1H2,2H3. The summed E-state index contributed by atoms with van der Waals surface area (Å²) in [5.74, 6) is -0.979. The van der Waals surface area contributed by atoms with E-state index in [1.807, 2.05) is 34.6 Å². The Morgan fingerprint density at radius 3 is 0.828 bits per heavy atom. The first kappa shape index (κ1) is 40.7. The lowest BCUT2D eigenvalue weighted by molar-refractivity contribution is -0.147. The van der Waals surface area contributed by atoms with Crippen LogP contribution < -0.4 is 0 Å². The quantitative estimate of drug-likeness (QED) is 0.209. The number of esters is 2. The van der Waals surface area contributed by atoms with Crippen molar-refractivity contribution in [3.05, 3.63) is 87.6 Å². The molecule has 0 aromatic rings. The van der Waals surface area contributed by atoms with Gasteiger partial charge in [0, 0.05) is 11.1 Å². The van der Waals surface area contributed by atoms with Crippen molar-refractivity contribution >= 4 is 11.9 Å². The third-order valence-corrected chi connectivity index (χ3v) is 1.25. The molecule has 0 radical (unpaired) electrons. The van der Waals surface area contributed by atoms with Crippen LogP contribution in [0.25, 0.3) is 0 Å². The number of hydrogen-bond donors (Lipinski definition) is 0. The van der Waals surface area contributed by atoms with E-state index in [9.17, 15) is 9.59 Å². The molecule has 0 atom stereocenters. The number of ether oxygens (including phenoxy) is 2. The summed E-state index contributed by atoms with van der Waals surface area (Å²) in [6.07, 6.45) is 8.75. The molecule has 4 heteroatoms. The third kappa shape index (κ3) is 91.4. The van der Waals surface area contributed by atoms with Crippen LogP contribution in [-0.2, 0) is 19.1 Å². The van der Waals surface area contributed by atoms with Gasteiger partial charge in [0.15, 0.2) is 0 Å². The molecule has 0 heterocycles. The van der Waals surface area contributed by atoms with E-state index in [1.54, 1.807) is 44.2 Å². The summed E-state index contributed by atoms with van der Waals surface area (Å²) in [6.45, 7) is 36.2. The smallest absolute Gasteiger partial charge is 0.333 e. The van der Waals surface area contributed by atoms with E-state index in [-0.39, 0.29) is 13.2 Å². The van der Waals surface area contributed by atoms with Crippen LogP contribution in [0.4, 0.5) is 0 Å². The summed E-state index contributed by atoms with van der Waals surface area (Å²) in [5.41, 5.74) is 0.632. The third-order valence-electron chi connectivity index (χ3n) is 1.25. The second-order valence-electron chi connectivity index (χ2n) is 4.87. The fraction of sp³-hybridized carbons (Fsp3) is 0.360. The highest BCUT2D eigenvalue weighted by Gasteiger charge is 2.05. The number of rotatable bonds is 5. The van der Waals surface area contributed by atoms with Crippen molar-refractivity contribution in [1.82, 2.24) is 0 Å². The van der Waals surface area contributed by atoms with Crippen molar-refractivity contribution in [2.45, 2.75) is 48.5 Å². The van der Waals surface area contributed by atoms with Gasteiger partial charge in [0.05, 0.1) is 0 Å². The minimum absolute atomic E-state index is 0.0325. The van der Waals surface area contributed by atoms with Gasteiger partial charge in [0.2, 0.25) is 0 Å². The topological polar surface area (TPSA) is 52.6 Å². The van der Waals surface area contributed by atoms with Gasteiger partial charge < -0.3 is 9.47 Å². The van der Waals surface area contributed by atoms with Crippen LogP contribution >= 0.6 is 0 Å². The van der Waals surface area contributed by atoms with Gasteiger partial charge in [-0.05, 0) is 48.5 Å². The molecule has 0 fully saturated rings. The van der Waals surface area contributed by atoms with Crippen LogP contribution in [0.3, 0.4) is 0 Å². The molecule has 29 heavy (non-hydrogen) atoms. The predicted octanol–water partition coefficient (Wildman–Crippen LogP) is 7.19. The highest BCUT2D eigenvalue weighted by atomic mass is 16.6. The zero-order chi connectivity index (χ0) is 24.7. The Hall–Kier alpha value is -2.88. The molecule has 4 nitrogen and oxygen atoms in total. The van der Waals surface area contributed by atoms with E-state index >= 15 is 0 Å². The van der Waals surface area contributed by atoms with Gasteiger partial charge in [-0.2, -0.15) is 0 Å². The van der Waals surface area contributed by atoms with Crippen molar-refractivity contribution in [3.8, 4) is 0 Å². The van der Waals surface area contributed by atoms with Gasteiger partial charge >= 0.3 is 11.9 Å². The maximum Gasteiger partial charge on any atom is 0.333 e. The van der Waals surface area contributed by atoms with Crippen LogP contribution in [0, 0.1) is 0 Å². The number of allylic oxidation sites excluding steroid dienone is 5. The molecule has 168 valence electrons. The van der Waals surface area contributed by atoms with E-state index in [4.69, 9.17) is 0 Å². The van der Waals surface area contributed by atoms with E-state index < -0.39 is 11.9 Å². The summed E-state index contributed by atoms with van der Waals surface area (Å²) in [6, 6.07) is 0. The van der Waals surface area contributed by atoms with Gasteiger partial charge in [-0.25, -0.2) is 9.59 Å². The molecule has 0 aliphatic carbocycles. The summed E-state index contributed by atoms with van der Waals surface area (Å²) in [4.78, 5) is 21.7. The molecule has 0 aromatic heterocycles. The van der Waals surface area contributed by atoms with Crippen molar-refractivity contribution in [1.29, 1.82) is 0 Å². The fourth-order valence-electron chi connectivity index (χ4n) is 0.515. The molecule has 0 aliphatic rings. The average molecular weight is 409 g/mol. The molecule has 0 saturated heterocycles. The number of carbonyl (C=O) groups is 2. The van der Waals surface area contributed by atoms with Gasteiger partial charge in [0.1, 0.15) is 13.2 Å². The molecule has 0 rings (SSSR count). The predicted molar refractivity (Wildman–Crippen MR) is 131 cm³/mol. The molecular formula is C25H44O4. The normalized spacial score (nSPS) is 6.59. The van der Waals surface area contributed by atoms with Gasteiger partial charge in [-0.3, -0.25) is 0 Å². The van der Waals surface area contributed by atoms with E-state index in [0.29, 0.717) is 11.1 Å². The Bertz CT molecular complexity index is 395. The minimum Gasteiger partial charge on any atom is -0.459 e. The molecule has 0 aromatic carbocycles. The summed E-state index contributed by atoms with van der Waals surface area (Å²) < 4.78 is 9.38. The molecule has 0 aliphatic heterocycles. The fourth-order valence-corrected chi connectivity index (χ4v) is 0.515. The molecule has 0 unspecified atom stereocenters. The first-order valence-electron chi connectivity index (χ1n) is 9.03. The second kappa shape index (κ2) is 44.5. The SMILES string of the molecule is C=C(C)C(=O)OCCOC(=O)C(=C)C.C=CC.C=CC.C=CC.C=CC.C=CC. The van der Waals surface area contributed by atoms with Crippen LogP contribution in [0.1, 0.15) is 48.5 Å². The molecule has 0 bridgehead atoms. The van der Waals surface area contributed by atoms with Crippen molar-refractivity contribution in [2.24, 2.45) is 0 Å². The molecular weight excluding hydrogens is 364 g/mol. The molecule has 0 saturated carbocycles. The Morgan fingerprint density at radius 1 is 0.586 bits per heavy atom. The Morgan fingerprint density at radius 2 is 0.724 bits per heavy atom. The zero-order valence-corrected chi connectivity index (χ0v) is 19.9. The summed E-state index contributed by atoms with van der Waals surface area (Å²) in [7, 11) is 0. The maximum atomic E-state index is 10.8. The Balaban J connectivity index is -0.0000000719. The summed E-state index contributed by atoms with van der Waals surface area (Å²) in [5, 5.41) is 0. The van der Waals surface area contributed by atoms with E-state index in [1.165, 1.54) is 0 Å². The minimum atomic E-state index is -0.489. The Labute approximate surface area is 180 Å².